The fourth-order valence-electron chi connectivity index (χ4n) is 2.78. The molecular formula is C20H21ClF3N3O3S2. The lowest BCUT2D eigenvalue weighted by Crippen LogP contribution is -2.36. The number of benzene rings is 2. The Morgan fingerprint density at radius 2 is 1.69 bits per heavy atom. The standard InChI is InChI=1S/C20H20F3N3O3S2.ClH/c1-25(2)10-11-26(18(27)13-4-6-14(7-5-13)20(21,22)23)19-24-16-9-8-15(31(3,28)29)12-17(16)30-19;/h4-9,12H,10-11H2,1-3H3;1H. The zero-order chi connectivity index (χ0) is 23.0. The number of halogens is 4. The molecule has 174 valence electrons. The molecular weight excluding hydrogens is 487 g/mol. The summed E-state index contributed by atoms with van der Waals surface area (Å²) in [6.07, 6.45) is -3.38. The fourth-order valence-corrected chi connectivity index (χ4v) is 4.53. The number of hydrogen-bond acceptors (Lipinski definition) is 6. The van der Waals surface area contributed by atoms with Gasteiger partial charge in [0.1, 0.15) is 0 Å². The van der Waals surface area contributed by atoms with Gasteiger partial charge in [-0.05, 0) is 56.6 Å². The number of hydrogen-bond donors (Lipinski definition) is 0. The molecule has 0 radical (unpaired) electrons. The van der Waals surface area contributed by atoms with E-state index in [2.05, 4.69) is 4.98 Å². The maximum Gasteiger partial charge on any atom is 0.416 e. The molecule has 12 heteroatoms. The van der Waals surface area contributed by atoms with Crippen LogP contribution in [0.1, 0.15) is 15.9 Å². The molecule has 6 nitrogen and oxygen atoms in total. The number of fused-ring (bicyclic) bond motifs is 1. The average Bonchev–Trinajstić information content (AvgIpc) is 3.09. The zero-order valence-corrected chi connectivity index (χ0v) is 19.8. The molecule has 0 aliphatic carbocycles. The van der Waals surface area contributed by atoms with Crippen molar-refractivity contribution in [3.8, 4) is 0 Å². The molecule has 0 spiro atoms. The molecule has 1 aromatic heterocycles. The summed E-state index contributed by atoms with van der Waals surface area (Å²) < 4.78 is 62.7. The minimum atomic E-state index is -4.49. The second-order valence-electron chi connectivity index (χ2n) is 7.23. The van der Waals surface area contributed by atoms with E-state index < -0.39 is 27.5 Å². The number of alkyl halides is 3. The summed E-state index contributed by atoms with van der Waals surface area (Å²) in [6, 6.07) is 8.54. The Labute approximate surface area is 194 Å². The summed E-state index contributed by atoms with van der Waals surface area (Å²) in [5, 5.41) is 0.340. The van der Waals surface area contributed by atoms with Crippen molar-refractivity contribution in [1.29, 1.82) is 0 Å². The zero-order valence-electron chi connectivity index (χ0n) is 17.4. The second kappa shape index (κ2) is 9.74. The number of nitrogens with zero attached hydrogens (tertiary/aromatic N) is 3. The van der Waals surface area contributed by atoms with Gasteiger partial charge in [-0.25, -0.2) is 13.4 Å². The van der Waals surface area contributed by atoms with Gasteiger partial charge in [0.05, 0.1) is 20.7 Å². The van der Waals surface area contributed by atoms with Crippen molar-refractivity contribution in [2.45, 2.75) is 11.1 Å². The van der Waals surface area contributed by atoms with Crippen LogP contribution in [0.2, 0.25) is 0 Å². The lowest BCUT2D eigenvalue weighted by molar-refractivity contribution is -0.137. The first-order chi connectivity index (χ1) is 14.4. The molecule has 3 aromatic rings. The predicted molar refractivity (Wildman–Crippen MR) is 122 cm³/mol. The maximum absolute atomic E-state index is 13.1. The molecule has 1 heterocycles. The number of rotatable bonds is 6. The minimum absolute atomic E-state index is 0. The molecule has 3 rings (SSSR count). The van der Waals surface area contributed by atoms with E-state index in [0.29, 0.717) is 21.9 Å². The van der Waals surface area contributed by atoms with Crippen LogP contribution in [-0.2, 0) is 16.0 Å². The van der Waals surface area contributed by atoms with Gasteiger partial charge in [0, 0.05) is 24.9 Å². The van der Waals surface area contributed by atoms with Crippen molar-refractivity contribution in [1.82, 2.24) is 9.88 Å². The highest BCUT2D eigenvalue weighted by atomic mass is 35.5. The third-order valence-electron chi connectivity index (χ3n) is 4.48. The summed E-state index contributed by atoms with van der Waals surface area (Å²) in [5.74, 6) is -0.488. The summed E-state index contributed by atoms with van der Waals surface area (Å²) in [5.41, 5.74) is -0.206. The molecule has 0 fully saturated rings. The lowest BCUT2D eigenvalue weighted by atomic mass is 10.1. The highest BCUT2D eigenvalue weighted by Crippen LogP contribution is 2.32. The van der Waals surface area contributed by atoms with E-state index in [1.54, 1.807) is 6.07 Å². The van der Waals surface area contributed by atoms with E-state index >= 15 is 0 Å². The Balaban J connectivity index is 0.00000363. The maximum atomic E-state index is 13.1. The van der Waals surface area contributed by atoms with E-state index in [4.69, 9.17) is 0 Å². The van der Waals surface area contributed by atoms with Crippen molar-refractivity contribution < 1.29 is 26.4 Å². The smallest absolute Gasteiger partial charge is 0.308 e. The van der Waals surface area contributed by atoms with Gasteiger partial charge in [0.25, 0.3) is 5.91 Å². The largest absolute Gasteiger partial charge is 0.416 e. The van der Waals surface area contributed by atoms with Crippen molar-refractivity contribution >= 4 is 54.8 Å². The van der Waals surface area contributed by atoms with Crippen molar-refractivity contribution in [2.75, 3.05) is 38.3 Å². The monoisotopic (exact) mass is 507 g/mol. The molecule has 0 bridgehead atoms. The normalized spacial score (nSPS) is 12.1. The van der Waals surface area contributed by atoms with Crippen molar-refractivity contribution in [2.24, 2.45) is 0 Å². The summed E-state index contributed by atoms with van der Waals surface area (Å²) in [4.78, 5) is 21.0. The van der Waals surface area contributed by atoms with Crippen LogP contribution in [0.15, 0.2) is 47.4 Å². The highest BCUT2D eigenvalue weighted by molar-refractivity contribution is 7.90. The van der Waals surface area contributed by atoms with Gasteiger partial charge in [0.15, 0.2) is 15.0 Å². The Hall–Kier alpha value is -2.21. The van der Waals surface area contributed by atoms with Gasteiger partial charge < -0.3 is 4.90 Å². The van der Waals surface area contributed by atoms with Crippen LogP contribution in [0.25, 0.3) is 10.2 Å². The van der Waals surface area contributed by atoms with Gasteiger partial charge in [-0.1, -0.05) is 11.3 Å². The second-order valence-corrected chi connectivity index (χ2v) is 10.3. The van der Waals surface area contributed by atoms with Gasteiger partial charge in [-0.15, -0.1) is 12.4 Å². The number of aromatic nitrogens is 1. The quantitative estimate of drug-likeness (QED) is 0.496. The highest BCUT2D eigenvalue weighted by Gasteiger charge is 2.31. The number of likely N-dealkylation sites (N-methyl/N-ethyl adjacent to an activating group) is 1. The third-order valence-corrected chi connectivity index (χ3v) is 6.63. The van der Waals surface area contributed by atoms with Gasteiger partial charge in [-0.3, -0.25) is 9.69 Å². The minimum Gasteiger partial charge on any atom is -0.308 e. The molecule has 0 aliphatic heterocycles. The third kappa shape index (κ3) is 5.97. The fraction of sp³-hybridized carbons (Fsp3) is 0.300. The SMILES string of the molecule is CN(C)CCN(C(=O)c1ccc(C(F)(F)F)cc1)c1nc2ccc(S(C)(=O)=O)cc2s1.Cl. The summed E-state index contributed by atoms with van der Waals surface area (Å²) in [6.45, 7) is 0.752. The van der Waals surface area contributed by atoms with Crippen LogP contribution in [0.3, 0.4) is 0 Å². The Bertz CT molecular complexity index is 1210. The van der Waals surface area contributed by atoms with Crippen LogP contribution in [0, 0.1) is 0 Å². The Kier molecular flexibility index (Phi) is 7.92. The first kappa shape index (κ1) is 26.0. The van der Waals surface area contributed by atoms with E-state index in [0.717, 1.165) is 41.9 Å². The molecule has 0 saturated carbocycles. The molecule has 32 heavy (non-hydrogen) atoms. The summed E-state index contributed by atoms with van der Waals surface area (Å²) >= 11 is 1.15. The Morgan fingerprint density at radius 1 is 1.06 bits per heavy atom. The predicted octanol–water partition coefficient (Wildman–Crippen LogP) is 4.35. The van der Waals surface area contributed by atoms with E-state index in [1.807, 2.05) is 19.0 Å². The average molecular weight is 508 g/mol. The van der Waals surface area contributed by atoms with Crippen molar-refractivity contribution in [3.05, 3.63) is 53.6 Å². The number of carbonyl (C=O) groups excluding carboxylic acids is 1. The topological polar surface area (TPSA) is 70.6 Å². The van der Waals surface area contributed by atoms with Crippen LogP contribution >= 0.6 is 23.7 Å². The number of sulfone groups is 1. The molecule has 1 amide bonds. The molecule has 2 aromatic carbocycles. The molecule has 0 saturated heterocycles. The van der Waals surface area contributed by atoms with Gasteiger partial charge >= 0.3 is 6.18 Å². The van der Waals surface area contributed by atoms with E-state index in [-0.39, 0.29) is 29.4 Å². The van der Waals surface area contributed by atoms with Gasteiger partial charge in [-0.2, -0.15) is 13.2 Å². The number of carbonyl (C=O) groups is 1. The first-order valence-electron chi connectivity index (χ1n) is 9.11. The van der Waals surface area contributed by atoms with Crippen LogP contribution in [0.5, 0.6) is 0 Å². The number of thiazole rings is 1. The summed E-state index contributed by atoms with van der Waals surface area (Å²) in [7, 11) is 0.259. The van der Waals surface area contributed by atoms with E-state index in [1.165, 1.54) is 17.0 Å². The molecule has 0 unspecified atom stereocenters. The van der Waals surface area contributed by atoms with Gasteiger partial charge in [0.2, 0.25) is 0 Å². The van der Waals surface area contributed by atoms with Crippen LogP contribution < -0.4 is 4.90 Å². The van der Waals surface area contributed by atoms with Crippen LogP contribution in [0.4, 0.5) is 18.3 Å². The first-order valence-corrected chi connectivity index (χ1v) is 11.8. The Morgan fingerprint density at radius 3 is 2.22 bits per heavy atom. The molecule has 0 atom stereocenters. The number of anilines is 1. The van der Waals surface area contributed by atoms with E-state index in [9.17, 15) is 26.4 Å². The molecule has 0 N–H and O–H groups in total. The van der Waals surface area contributed by atoms with Crippen LogP contribution in [-0.4, -0.2) is 57.6 Å². The van der Waals surface area contributed by atoms with Crippen molar-refractivity contribution in [3.63, 3.8) is 0 Å². The molecule has 0 aliphatic rings. The number of amides is 1. The lowest BCUT2D eigenvalue weighted by Gasteiger charge is -2.22.